The zero-order valence-electron chi connectivity index (χ0n) is 22.5. The number of likely N-dealkylation sites (tertiary alicyclic amines) is 1. The summed E-state index contributed by atoms with van der Waals surface area (Å²) in [5, 5.41) is 10.9. The number of piperazine rings is 1. The van der Waals surface area contributed by atoms with Gasteiger partial charge in [-0.25, -0.2) is 17.2 Å². The van der Waals surface area contributed by atoms with Crippen LogP contribution in [0.2, 0.25) is 10.0 Å². The number of benzene rings is 3. The fraction of sp³-hybridized carbons (Fsp3) is 0.367. The first kappa shape index (κ1) is 29.2. The summed E-state index contributed by atoms with van der Waals surface area (Å²) in [6.07, 6.45) is 2.66. The number of carbonyl (C=O) groups is 1. The smallest absolute Gasteiger partial charge is 0.255 e. The van der Waals surface area contributed by atoms with Crippen molar-refractivity contribution < 1.29 is 27.1 Å². The Balaban J connectivity index is 1.21. The molecule has 222 valence electrons. The summed E-state index contributed by atoms with van der Waals surface area (Å²) in [5.74, 6) is -1.21. The van der Waals surface area contributed by atoms with Crippen LogP contribution in [0.4, 0.5) is 14.5 Å². The van der Waals surface area contributed by atoms with Crippen LogP contribution in [-0.2, 0) is 10.0 Å². The molecule has 2 bridgehead atoms. The van der Waals surface area contributed by atoms with Crippen LogP contribution in [0.3, 0.4) is 0 Å². The fourth-order valence-corrected chi connectivity index (χ4v) is 8.56. The molecule has 0 spiro atoms. The van der Waals surface area contributed by atoms with Gasteiger partial charge in [0.1, 0.15) is 11.6 Å². The van der Waals surface area contributed by atoms with Crippen LogP contribution in [0.15, 0.2) is 59.5 Å². The van der Waals surface area contributed by atoms with E-state index in [4.69, 9.17) is 23.2 Å². The Morgan fingerprint density at radius 3 is 2.07 bits per heavy atom. The second kappa shape index (κ2) is 11.3. The molecule has 0 unspecified atom stereocenters. The van der Waals surface area contributed by atoms with Crippen LogP contribution in [-0.4, -0.2) is 66.9 Å². The number of halogens is 4. The highest BCUT2D eigenvalue weighted by Crippen LogP contribution is 2.45. The molecule has 2 atom stereocenters. The summed E-state index contributed by atoms with van der Waals surface area (Å²) in [4.78, 5) is 16.9. The summed E-state index contributed by atoms with van der Waals surface area (Å²) in [6, 6.07) is 12.4. The monoisotopic (exact) mass is 635 g/mol. The van der Waals surface area contributed by atoms with Crippen molar-refractivity contribution in [1.29, 1.82) is 0 Å². The van der Waals surface area contributed by atoms with Crippen LogP contribution in [0.25, 0.3) is 0 Å². The number of rotatable bonds is 5. The lowest BCUT2D eigenvalue weighted by Crippen LogP contribution is -2.55. The Morgan fingerprint density at radius 1 is 0.833 bits per heavy atom. The number of sulfonamides is 1. The van der Waals surface area contributed by atoms with E-state index in [9.17, 15) is 27.1 Å². The maximum Gasteiger partial charge on any atom is 0.255 e. The second-order valence-electron chi connectivity index (χ2n) is 11.1. The third kappa shape index (κ3) is 5.34. The van der Waals surface area contributed by atoms with Gasteiger partial charge in [-0.3, -0.25) is 4.79 Å². The lowest BCUT2D eigenvalue weighted by atomic mass is 9.90. The normalized spacial score (nSPS) is 21.6. The van der Waals surface area contributed by atoms with Gasteiger partial charge in [-0.05, 0) is 79.6 Å². The Kier molecular flexibility index (Phi) is 7.84. The van der Waals surface area contributed by atoms with Crippen molar-refractivity contribution >= 4 is 44.8 Å². The van der Waals surface area contributed by atoms with Gasteiger partial charge in [-0.15, -0.1) is 0 Å². The maximum atomic E-state index is 13.7. The number of aromatic hydroxyl groups is 1. The summed E-state index contributed by atoms with van der Waals surface area (Å²) >= 11 is 12.5. The SMILES string of the molecule is O=C(c1ccc(F)cc1Cl)N1C[C@H]2CC[C@@H](C1)N2c1cc(S(=O)(=O)N2CCC(c3ccc(F)cc3)CC2)cc(Cl)c1O. The third-order valence-corrected chi connectivity index (χ3v) is 11.1. The minimum absolute atomic E-state index is 0.00321. The highest BCUT2D eigenvalue weighted by atomic mass is 35.5. The first-order valence-electron chi connectivity index (χ1n) is 13.8. The van der Waals surface area contributed by atoms with Crippen LogP contribution in [0.1, 0.15) is 47.5 Å². The molecule has 3 aromatic carbocycles. The maximum absolute atomic E-state index is 13.7. The first-order chi connectivity index (χ1) is 20.0. The van der Waals surface area contributed by atoms with Gasteiger partial charge < -0.3 is 14.9 Å². The molecular formula is C30H29Cl2F2N3O4S. The Labute approximate surface area is 253 Å². The van der Waals surface area contributed by atoms with E-state index < -0.39 is 15.8 Å². The van der Waals surface area contributed by atoms with E-state index in [0.717, 1.165) is 24.5 Å². The van der Waals surface area contributed by atoms with Crippen molar-refractivity contribution in [3.8, 4) is 5.75 Å². The van der Waals surface area contributed by atoms with E-state index in [1.807, 2.05) is 4.90 Å². The van der Waals surface area contributed by atoms with Gasteiger partial charge in [-0.2, -0.15) is 4.31 Å². The number of hydrogen-bond donors (Lipinski definition) is 1. The van der Waals surface area contributed by atoms with E-state index in [2.05, 4.69) is 0 Å². The summed E-state index contributed by atoms with van der Waals surface area (Å²) < 4.78 is 55.8. The number of anilines is 1. The van der Waals surface area contributed by atoms with Gasteiger partial charge in [-0.1, -0.05) is 35.3 Å². The Hall–Kier alpha value is -2.92. The zero-order chi connectivity index (χ0) is 29.8. The number of fused-ring (bicyclic) bond motifs is 2. The molecule has 12 heteroatoms. The molecule has 3 aliphatic rings. The average molecular weight is 637 g/mol. The minimum Gasteiger partial charge on any atom is -0.504 e. The lowest BCUT2D eigenvalue weighted by molar-refractivity contribution is 0.0718. The van der Waals surface area contributed by atoms with Gasteiger partial charge in [0.05, 0.1) is 26.2 Å². The standard InChI is InChI=1S/C30H29Cl2F2N3O4S/c31-26-13-21(34)5-8-25(26)30(39)35-16-22-6-7-23(17-35)37(22)28-15-24(14-27(32)29(28)38)42(40,41)36-11-9-19(10-12-36)18-1-3-20(33)4-2-18/h1-5,8,13-15,19,22-23,38H,6-7,9-12,16-17H2/t22-,23+. The van der Waals surface area contributed by atoms with Crippen LogP contribution < -0.4 is 4.90 Å². The molecule has 3 fully saturated rings. The molecule has 3 heterocycles. The van der Waals surface area contributed by atoms with Crippen molar-refractivity contribution in [2.45, 2.75) is 48.6 Å². The van der Waals surface area contributed by atoms with E-state index in [0.29, 0.717) is 44.7 Å². The lowest BCUT2D eigenvalue weighted by Gasteiger charge is -2.43. The number of nitrogens with zero attached hydrogens (tertiary/aromatic N) is 3. The predicted molar refractivity (Wildman–Crippen MR) is 157 cm³/mol. The predicted octanol–water partition coefficient (Wildman–Crippen LogP) is 6.04. The summed E-state index contributed by atoms with van der Waals surface area (Å²) in [5.41, 5.74) is 1.52. The van der Waals surface area contributed by atoms with Crippen molar-refractivity contribution in [3.05, 3.63) is 87.4 Å². The quantitative estimate of drug-likeness (QED) is 0.370. The Morgan fingerprint density at radius 2 is 1.45 bits per heavy atom. The summed E-state index contributed by atoms with van der Waals surface area (Å²) in [7, 11) is -3.92. The molecule has 0 saturated carbocycles. The largest absolute Gasteiger partial charge is 0.504 e. The highest BCUT2D eigenvalue weighted by molar-refractivity contribution is 7.89. The molecule has 7 nitrogen and oxygen atoms in total. The molecule has 0 aliphatic carbocycles. The van der Waals surface area contributed by atoms with Crippen molar-refractivity contribution in [1.82, 2.24) is 9.21 Å². The number of hydrogen-bond acceptors (Lipinski definition) is 5. The van der Waals surface area contributed by atoms with E-state index >= 15 is 0 Å². The molecule has 1 N–H and O–H groups in total. The molecule has 0 aromatic heterocycles. The molecule has 0 radical (unpaired) electrons. The minimum atomic E-state index is -3.92. The van der Waals surface area contributed by atoms with Crippen LogP contribution in [0.5, 0.6) is 5.75 Å². The highest BCUT2D eigenvalue weighted by Gasteiger charge is 2.43. The van der Waals surface area contributed by atoms with E-state index in [1.165, 1.54) is 40.7 Å². The van der Waals surface area contributed by atoms with Crippen LogP contribution >= 0.6 is 23.2 Å². The molecule has 42 heavy (non-hydrogen) atoms. The molecule has 3 aromatic rings. The van der Waals surface area contributed by atoms with E-state index in [-0.39, 0.29) is 56.0 Å². The zero-order valence-corrected chi connectivity index (χ0v) is 24.8. The molecule has 1 amide bonds. The van der Waals surface area contributed by atoms with E-state index in [1.54, 1.807) is 17.0 Å². The van der Waals surface area contributed by atoms with Crippen molar-refractivity contribution in [2.24, 2.45) is 0 Å². The number of phenolic OH excluding ortho intramolecular Hbond substituents is 1. The number of piperidine rings is 1. The van der Waals surface area contributed by atoms with Crippen molar-refractivity contribution in [2.75, 3.05) is 31.1 Å². The molecule has 3 saturated heterocycles. The fourth-order valence-electron chi connectivity index (χ4n) is 6.52. The average Bonchev–Trinajstić information content (AvgIpc) is 3.22. The van der Waals surface area contributed by atoms with Gasteiger partial charge >= 0.3 is 0 Å². The van der Waals surface area contributed by atoms with Crippen molar-refractivity contribution in [3.63, 3.8) is 0 Å². The second-order valence-corrected chi connectivity index (χ2v) is 13.9. The molecule has 3 aliphatic heterocycles. The van der Waals surface area contributed by atoms with Gasteiger partial charge in [0, 0.05) is 38.3 Å². The van der Waals surface area contributed by atoms with Gasteiger partial charge in [0.25, 0.3) is 5.91 Å². The Bertz CT molecular complexity index is 1620. The molecular weight excluding hydrogens is 607 g/mol. The number of carbonyl (C=O) groups excluding carboxylic acids is 1. The first-order valence-corrected chi connectivity index (χ1v) is 16.0. The third-order valence-electron chi connectivity index (χ3n) is 8.66. The topological polar surface area (TPSA) is 81.2 Å². The molecule has 6 rings (SSSR count). The van der Waals surface area contributed by atoms with Gasteiger partial charge in [0.15, 0.2) is 5.75 Å². The van der Waals surface area contributed by atoms with Crippen LogP contribution in [0, 0.1) is 11.6 Å². The number of amides is 1. The number of phenols is 1. The van der Waals surface area contributed by atoms with Gasteiger partial charge in [0.2, 0.25) is 10.0 Å². The summed E-state index contributed by atoms with van der Waals surface area (Å²) in [6.45, 7) is 1.26.